The molecule has 0 saturated carbocycles. The summed E-state index contributed by atoms with van der Waals surface area (Å²) in [6.07, 6.45) is 2.90. The molecule has 0 fully saturated rings. The quantitative estimate of drug-likeness (QED) is 0.355. The number of aryl methyl sites for hydroxylation is 2. The molecule has 2 aromatic carbocycles. The largest absolute Gasteiger partial charge is 0.497 e. The van der Waals surface area contributed by atoms with Crippen LogP contribution < -0.4 is 15.1 Å². The second kappa shape index (κ2) is 8.65. The zero-order chi connectivity index (χ0) is 21.0. The molecule has 0 aliphatic carbocycles. The van der Waals surface area contributed by atoms with E-state index in [-0.39, 0.29) is 6.61 Å². The Labute approximate surface area is 168 Å². The normalized spacial score (nSPS) is 11.0. The van der Waals surface area contributed by atoms with Gasteiger partial charge in [0.1, 0.15) is 23.7 Å². The lowest BCUT2D eigenvalue weighted by Crippen LogP contribution is -2.06. The summed E-state index contributed by atoms with van der Waals surface area (Å²) in [6, 6.07) is 10.4. The summed E-state index contributed by atoms with van der Waals surface area (Å²) in [5, 5.41) is 0.749. The molecule has 0 unspecified atom stereocenters. The van der Waals surface area contributed by atoms with Crippen molar-refractivity contribution < 1.29 is 23.4 Å². The van der Waals surface area contributed by atoms with E-state index in [4.69, 9.17) is 18.6 Å². The lowest BCUT2D eigenvalue weighted by atomic mass is 10.0. The number of esters is 1. The van der Waals surface area contributed by atoms with E-state index in [2.05, 4.69) is 0 Å². The van der Waals surface area contributed by atoms with Gasteiger partial charge in [0.15, 0.2) is 0 Å². The number of carbonyl (C=O) groups excluding carboxylic acids is 1. The summed E-state index contributed by atoms with van der Waals surface area (Å²) in [4.78, 5) is 24.0. The number of methoxy groups -OCH3 is 2. The molecule has 6 heteroatoms. The van der Waals surface area contributed by atoms with E-state index >= 15 is 0 Å². The minimum absolute atomic E-state index is 0.0387. The maximum Gasteiger partial charge on any atom is 0.336 e. The minimum Gasteiger partial charge on any atom is -0.497 e. The average molecular weight is 394 g/mol. The summed E-state index contributed by atoms with van der Waals surface area (Å²) < 4.78 is 21.1. The highest BCUT2D eigenvalue weighted by Crippen LogP contribution is 2.25. The van der Waals surface area contributed by atoms with E-state index in [0.717, 1.165) is 16.5 Å². The molecular formula is C23H22O6. The highest BCUT2D eigenvalue weighted by atomic mass is 16.5. The Morgan fingerprint density at radius 3 is 2.52 bits per heavy atom. The Kier molecular flexibility index (Phi) is 6.02. The molecule has 3 rings (SSSR count). The second-order valence-electron chi connectivity index (χ2n) is 6.57. The van der Waals surface area contributed by atoms with Gasteiger partial charge in [-0.15, -0.1) is 0 Å². The summed E-state index contributed by atoms with van der Waals surface area (Å²) in [5.74, 6) is 0.708. The first-order chi connectivity index (χ1) is 13.9. The Bertz CT molecular complexity index is 1140. The molecule has 6 nitrogen and oxygen atoms in total. The predicted octanol–water partition coefficient (Wildman–Crippen LogP) is 4.18. The van der Waals surface area contributed by atoms with Crippen LogP contribution in [0, 0.1) is 13.8 Å². The zero-order valence-electron chi connectivity index (χ0n) is 16.8. The molecule has 29 heavy (non-hydrogen) atoms. The van der Waals surface area contributed by atoms with Crippen molar-refractivity contribution in [3.63, 3.8) is 0 Å². The molecule has 1 heterocycles. The van der Waals surface area contributed by atoms with Crippen LogP contribution in [0.2, 0.25) is 0 Å². The van der Waals surface area contributed by atoms with Gasteiger partial charge in [0, 0.05) is 28.7 Å². The Hall–Kier alpha value is -3.54. The molecule has 150 valence electrons. The number of carbonyl (C=O) groups is 1. The van der Waals surface area contributed by atoms with Crippen LogP contribution in [-0.2, 0) is 16.1 Å². The average Bonchev–Trinajstić information content (AvgIpc) is 2.71. The molecule has 3 aromatic rings. The van der Waals surface area contributed by atoms with Crippen LogP contribution in [0.25, 0.3) is 17.0 Å². The van der Waals surface area contributed by atoms with Gasteiger partial charge in [0.2, 0.25) is 0 Å². The third-order valence-corrected chi connectivity index (χ3v) is 4.65. The maximum absolute atomic E-state index is 12.2. The van der Waals surface area contributed by atoms with E-state index < -0.39 is 11.6 Å². The van der Waals surface area contributed by atoms with E-state index in [1.807, 2.05) is 26.0 Å². The van der Waals surface area contributed by atoms with Crippen LogP contribution >= 0.6 is 0 Å². The van der Waals surface area contributed by atoms with Gasteiger partial charge in [-0.2, -0.15) is 0 Å². The fraction of sp³-hybridized carbons (Fsp3) is 0.217. The van der Waals surface area contributed by atoms with Gasteiger partial charge in [0.05, 0.1) is 14.2 Å². The van der Waals surface area contributed by atoms with Crippen LogP contribution in [0.5, 0.6) is 11.5 Å². The first-order valence-electron chi connectivity index (χ1n) is 9.02. The first-order valence-corrected chi connectivity index (χ1v) is 9.02. The molecule has 1 aromatic heterocycles. The number of hydrogen-bond acceptors (Lipinski definition) is 6. The van der Waals surface area contributed by atoms with Gasteiger partial charge in [0.25, 0.3) is 0 Å². The lowest BCUT2D eigenvalue weighted by Gasteiger charge is -2.09. The van der Waals surface area contributed by atoms with Crippen molar-refractivity contribution in [1.82, 2.24) is 0 Å². The second-order valence-corrected chi connectivity index (χ2v) is 6.57. The predicted molar refractivity (Wildman–Crippen MR) is 110 cm³/mol. The van der Waals surface area contributed by atoms with Gasteiger partial charge in [-0.25, -0.2) is 9.59 Å². The molecule has 0 bridgehead atoms. The van der Waals surface area contributed by atoms with Crippen LogP contribution in [0.4, 0.5) is 0 Å². The van der Waals surface area contributed by atoms with Gasteiger partial charge in [-0.3, -0.25) is 0 Å². The highest BCUT2D eigenvalue weighted by molar-refractivity contribution is 5.88. The number of rotatable bonds is 6. The number of benzene rings is 2. The molecule has 0 N–H and O–H groups in total. The van der Waals surface area contributed by atoms with E-state index in [1.54, 1.807) is 38.5 Å². The van der Waals surface area contributed by atoms with Crippen LogP contribution in [0.15, 0.2) is 51.7 Å². The van der Waals surface area contributed by atoms with E-state index in [9.17, 15) is 9.59 Å². The Morgan fingerprint density at radius 2 is 1.79 bits per heavy atom. The minimum atomic E-state index is -0.542. The van der Waals surface area contributed by atoms with Crippen LogP contribution in [0.1, 0.15) is 22.3 Å². The van der Waals surface area contributed by atoms with Crippen molar-refractivity contribution in [2.45, 2.75) is 20.5 Å². The third kappa shape index (κ3) is 4.66. The number of ether oxygens (including phenoxy) is 3. The molecule has 0 spiro atoms. The fourth-order valence-corrected chi connectivity index (χ4v) is 2.93. The Morgan fingerprint density at radius 1 is 1.03 bits per heavy atom. The van der Waals surface area contributed by atoms with Crippen molar-refractivity contribution >= 4 is 23.0 Å². The molecule has 0 aliphatic heterocycles. The van der Waals surface area contributed by atoms with Crippen molar-refractivity contribution in [3.8, 4) is 11.5 Å². The van der Waals surface area contributed by atoms with Gasteiger partial charge >= 0.3 is 11.6 Å². The Balaban J connectivity index is 1.79. The summed E-state index contributed by atoms with van der Waals surface area (Å²) in [5.41, 5.74) is 3.35. The monoisotopic (exact) mass is 394 g/mol. The van der Waals surface area contributed by atoms with E-state index in [0.29, 0.717) is 28.2 Å². The molecule has 0 aliphatic rings. The van der Waals surface area contributed by atoms with Gasteiger partial charge in [-0.05, 0) is 61.4 Å². The summed E-state index contributed by atoms with van der Waals surface area (Å²) in [6.45, 7) is 3.88. The molecular weight excluding hydrogens is 372 g/mol. The highest BCUT2D eigenvalue weighted by Gasteiger charge is 2.10. The van der Waals surface area contributed by atoms with Gasteiger partial charge in [-0.1, -0.05) is 0 Å². The molecule has 0 atom stereocenters. The molecule has 0 saturated heterocycles. The number of fused-ring (bicyclic) bond motifs is 1. The smallest absolute Gasteiger partial charge is 0.336 e. The molecule has 0 radical (unpaired) electrons. The fourth-order valence-electron chi connectivity index (χ4n) is 2.93. The lowest BCUT2D eigenvalue weighted by molar-refractivity contribution is -0.138. The van der Waals surface area contributed by atoms with Crippen LogP contribution in [0.3, 0.4) is 0 Å². The van der Waals surface area contributed by atoms with Crippen LogP contribution in [-0.4, -0.2) is 20.2 Å². The first kappa shape index (κ1) is 20.2. The third-order valence-electron chi connectivity index (χ3n) is 4.65. The van der Waals surface area contributed by atoms with Gasteiger partial charge < -0.3 is 18.6 Å². The molecule has 0 amide bonds. The topological polar surface area (TPSA) is 75.0 Å². The zero-order valence-corrected chi connectivity index (χ0v) is 16.8. The van der Waals surface area contributed by atoms with Crippen molar-refractivity contribution in [1.29, 1.82) is 0 Å². The summed E-state index contributed by atoms with van der Waals surface area (Å²) in [7, 11) is 3.11. The van der Waals surface area contributed by atoms with Crippen molar-refractivity contribution in [2.24, 2.45) is 0 Å². The standard InChI is InChI=1S/C23H22O6/c1-14-9-19-17(12-23(25)29-21(19)10-15(14)2)13-28-22(24)8-5-16-11-18(26-3)6-7-20(16)27-4/h5-12H,13H2,1-4H3/b8-5+. The maximum atomic E-state index is 12.2. The SMILES string of the molecule is COc1ccc(OC)c(/C=C/C(=O)OCc2cc(=O)oc3cc(C)c(C)cc23)c1. The summed E-state index contributed by atoms with van der Waals surface area (Å²) >= 11 is 0. The van der Waals surface area contributed by atoms with Crippen molar-refractivity contribution in [2.75, 3.05) is 14.2 Å². The van der Waals surface area contributed by atoms with E-state index in [1.165, 1.54) is 12.1 Å². The number of hydrogen-bond donors (Lipinski definition) is 0. The van der Waals surface area contributed by atoms with Crippen molar-refractivity contribution in [3.05, 3.63) is 75.1 Å².